The molecule has 1 heterocycles. The van der Waals surface area contributed by atoms with Gasteiger partial charge in [-0.05, 0) is 69.1 Å². The predicted octanol–water partition coefficient (Wildman–Crippen LogP) is 4.71. The van der Waals surface area contributed by atoms with Crippen molar-refractivity contribution in [3.63, 3.8) is 0 Å². The van der Waals surface area contributed by atoms with E-state index in [1.807, 2.05) is 13.0 Å². The lowest BCUT2D eigenvalue weighted by molar-refractivity contribution is -0.123. The third-order valence-electron chi connectivity index (χ3n) is 5.04. The van der Waals surface area contributed by atoms with Crippen molar-refractivity contribution >= 4 is 29.9 Å². The summed E-state index contributed by atoms with van der Waals surface area (Å²) in [7, 11) is 0. The van der Waals surface area contributed by atoms with E-state index in [1.54, 1.807) is 12.1 Å². The number of carbonyl (C=O) groups is 1. The third kappa shape index (κ3) is 6.13. The Morgan fingerprint density at radius 2 is 1.82 bits per heavy atom. The number of nitrogens with one attached hydrogen (secondary N) is 1. The summed E-state index contributed by atoms with van der Waals surface area (Å²) >= 11 is 6.02. The highest BCUT2D eigenvalue weighted by molar-refractivity contribution is 6.31. The Morgan fingerprint density at radius 3 is 2.46 bits per heavy atom. The highest BCUT2D eigenvalue weighted by Gasteiger charge is 2.23. The van der Waals surface area contributed by atoms with Gasteiger partial charge in [0.2, 0.25) is 0 Å². The van der Waals surface area contributed by atoms with Crippen molar-refractivity contribution in [2.45, 2.75) is 32.7 Å². The van der Waals surface area contributed by atoms with E-state index in [-0.39, 0.29) is 31.0 Å². The van der Waals surface area contributed by atoms with Crippen LogP contribution in [0.3, 0.4) is 0 Å². The monoisotopic (exact) mass is 422 g/mol. The second-order valence-corrected chi connectivity index (χ2v) is 7.58. The van der Waals surface area contributed by atoms with Gasteiger partial charge in [-0.2, -0.15) is 0 Å². The topological polar surface area (TPSA) is 41.6 Å². The molecule has 1 fully saturated rings. The van der Waals surface area contributed by atoms with Crippen LogP contribution < -0.4 is 10.1 Å². The van der Waals surface area contributed by atoms with E-state index in [4.69, 9.17) is 16.3 Å². The van der Waals surface area contributed by atoms with Gasteiger partial charge < -0.3 is 10.1 Å². The summed E-state index contributed by atoms with van der Waals surface area (Å²) in [4.78, 5) is 14.7. The zero-order valence-corrected chi connectivity index (χ0v) is 18.0. The third-order valence-corrected chi connectivity index (χ3v) is 5.46. The minimum atomic E-state index is -0.112. The normalized spacial score (nSPS) is 15.0. The Bertz CT molecular complexity index is 775. The van der Waals surface area contributed by atoms with E-state index >= 15 is 0 Å². The maximum Gasteiger partial charge on any atom is 0.258 e. The van der Waals surface area contributed by atoms with Gasteiger partial charge in [0.05, 0.1) is 6.04 Å². The number of hydrogen-bond acceptors (Lipinski definition) is 3. The highest BCUT2D eigenvalue weighted by atomic mass is 35.5. The molecule has 1 amide bonds. The van der Waals surface area contributed by atoms with Crippen LogP contribution in [0.2, 0.25) is 5.02 Å². The van der Waals surface area contributed by atoms with Crippen molar-refractivity contribution in [1.29, 1.82) is 0 Å². The molecule has 1 atom stereocenters. The van der Waals surface area contributed by atoms with Crippen molar-refractivity contribution in [3.05, 3.63) is 64.2 Å². The molecule has 0 saturated carbocycles. The number of halogens is 2. The summed E-state index contributed by atoms with van der Waals surface area (Å²) in [5.74, 6) is 0.542. The lowest BCUT2D eigenvalue weighted by atomic mass is 10.0. The molecule has 1 unspecified atom stereocenters. The number of rotatable bonds is 7. The number of amides is 1. The second kappa shape index (κ2) is 10.7. The highest BCUT2D eigenvalue weighted by Crippen LogP contribution is 2.25. The molecule has 6 heteroatoms. The predicted molar refractivity (Wildman–Crippen MR) is 117 cm³/mol. The Labute approximate surface area is 178 Å². The first-order valence-electron chi connectivity index (χ1n) is 9.49. The molecule has 0 bridgehead atoms. The number of aryl methyl sites for hydroxylation is 2. The average molecular weight is 423 g/mol. The van der Waals surface area contributed by atoms with Crippen LogP contribution in [0, 0.1) is 13.8 Å². The first-order valence-corrected chi connectivity index (χ1v) is 9.87. The van der Waals surface area contributed by atoms with Crippen LogP contribution >= 0.6 is 24.0 Å². The molecule has 2 aromatic carbocycles. The Kier molecular flexibility index (Phi) is 8.61. The first-order chi connectivity index (χ1) is 13.0. The number of carbonyl (C=O) groups excluding carboxylic acids is 1. The molecule has 0 aliphatic carbocycles. The minimum absolute atomic E-state index is 0. The SMILES string of the molecule is Cc1ccc(C(CNC(=O)COc2ccc(Cl)c(C)c2)N2CCCC2)cc1.Cl. The number of nitrogens with zero attached hydrogens (tertiary/aromatic N) is 1. The Hall–Kier alpha value is -1.75. The molecular weight excluding hydrogens is 395 g/mol. The smallest absolute Gasteiger partial charge is 0.258 e. The Balaban J connectivity index is 0.00000280. The largest absolute Gasteiger partial charge is 0.484 e. The summed E-state index contributed by atoms with van der Waals surface area (Å²) in [5.41, 5.74) is 3.43. The maximum absolute atomic E-state index is 12.3. The standard InChI is InChI=1S/C22H27ClN2O2.ClH/c1-16-5-7-18(8-6-16)21(25-11-3-4-12-25)14-24-22(26)15-27-19-9-10-20(23)17(2)13-19;/h5-10,13,21H,3-4,11-12,14-15H2,1-2H3,(H,24,26);1H. The fourth-order valence-electron chi connectivity index (χ4n) is 3.42. The van der Waals surface area contributed by atoms with E-state index in [2.05, 4.69) is 41.4 Å². The van der Waals surface area contributed by atoms with E-state index in [0.29, 0.717) is 17.3 Å². The molecule has 1 aliphatic heterocycles. The molecule has 1 saturated heterocycles. The molecule has 0 radical (unpaired) electrons. The fraction of sp³-hybridized carbons (Fsp3) is 0.409. The summed E-state index contributed by atoms with van der Waals surface area (Å²) in [6.07, 6.45) is 2.44. The van der Waals surface area contributed by atoms with E-state index in [1.165, 1.54) is 24.0 Å². The summed E-state index contributed by atoms with van der Waals surface area (Å²) in [6.45, 7) is 6.75. The summed E-state index contributed by atoms with van der Waals surface area (Å²) in [5, 5.41) is 3.73. The van der Waals surface area contributed by atoms with Crippen LogP contribution in [0.15, 0.2) is 42.5 Å². The quantitative estimate of drug-likeness (QED) is 0.701. The molecule has 3 rings (SSSR count). The number of benzene rings is 2. The van der Waals surface area contributed by atoms with Crippen LogP contribution in [-0.4, -0.2) is 37.0 Å². The van der Waals surface area contributed by atoms with Crippen molar-refractivity contribution in [2.75, 3.05) is 26.2 Å². The molecule has 0 aromatic heterocycles. The van der Waals surface area contributed by atoms with E-state index in [9.17, 15) is 4.79 Å². The van der Waals surface area contributed by atoms with Crippen LogP contribution in [0.5, 0.6) is 5.75 Å². The van der Waals surface area contributed by atoms with Gasteiger partial charge in [-0.25, -0.2) is 0 Å². The molecule has 152 valence electrons. The molecule has 4 nitrogen and oxygen atoms in total. The molecule has 2 aromatic rings. The van der Waals surface area contributed by atoms with Crippen molar-refractivity contribution in [2.24, 2.45) is 0 Å². The average Bonchev–Trinajstić information content (AvgIpc) is 3.19. The Morgan fingerprint density at radius 1 is 1.14 bits per heavy atom. The maximum atomic E-state index is 12.3. The zero-order valence-electron chi connectivity index (χ0n) is 16.4. The minimum Gasteiger partial charge on any atom is -0.484 e. The molecule has 28 heavy (non-hydrogen) atoms. The van der Waals surface area contributed by atoms with Gasteiger partial charge in [0.15, 0.2) is 6.61 Å². The van der Waals surface area contributed by atoms with E-state index in [0.717, 1.165) is 18.7 Å². The van der Waals surface area contributed by atoms with Crippen molar-refractivity contribution < 1.29 is 9.53 Å². The van der Waals surface area contributed by atoms with Crippen LogP contribution in [-0.2, 0) is 4.79 Å². The van der Waals surface area contributed by atoms with Gasteiger partial charge in [-0.1, -0.05) is 41.4 Å². The fourth-order valence-corrected chi connectivity index (χ4v) is 3.53. The van der Waals surface area contributed by atoms with Gasteiger partial charge >= 0.3 is 0 Å². The second-order valence-electron chi connectivity index (χ2n) is 7.17. The van der Waals surface area contributed by atoms with Crippen molar-refractivity contribution in [3.8, 4) is 5.75 Å². The molecule has 1 N–H and O–H groups in total. The van der Waals surface area contributed by atoms with Crippen LogP contribution in [0.1, 0.15) is 35.6 Å². The van der Waals surface area contributed by atoms with Crippen molar-refractivity contribution in [1.82, 2.24) is 10.2 Å². The zero-order chi connectivity index (χ0) is 19.2. The number of likely N-dealkylation sites (tertiary alicyclic amines) is 1. The lowest BCUT2D eigenvalue weighted by Gasteiger charge is -2.28. The lowest BCUT2D eigenvalue weighted by Crippen LogP contribution is -2.38. The van der Waals surface area contributed by atoms with Crippen LogP contribution in [0.4, 0.5) is 0 Å². The van der Waals surface area contributed by atoms with Gasteiger partial charge in [0.1, 0.15) is 5.75 Å². The van der Waals surface area contributed by atoms with E-state index < -0.39 is 0 Å². The summed E-state index contributed by atoms with van der Waals surface area (Å²) in [6, 6.07) is 14.2. The molecular formula is C22H28Cl2N2O2. The van der Waals surface area contributed by atoms with Crippen LogP contribution in [0.25, 0.3) is 0 Å². The summed E-state index contributed by atoms with van der Waals surface area (Å²) < 4.78 is 5.60. The van der Waals surface area contributed by atoms with Gasteiger partial charge in [0, 0.05) is 11.6 Å². The molecule has 0 spiro atoms. The first kappa shape index (κ1) is 22.5. The van der Waals surface area contributed by atoms with Gasteiger partial charge in [-0.3, -0.25) is 9.69 Å². The number of ether oxygens (including phenoxy) is 1. The van der Waals surface area contributed by atoms with Gasteiger partial charge in [0.25, 0.3) is 5.91 Å². The molecule has 1 aliphatic rings. The van der Waals surface area contributed by atoms with Gasteiger partial charge in [-0.15, -0.1) is 12.4 Å². The number of hydrogen-bond donors (Lipinski definition) is 1.